The minimum Gasteiger partial charge on any atom is -0.292 e. The van der Waals surface area contributed by atoms with Crippen molar-refractivity contribution in [3.8, 4) is 5.69 Å². The zero-order valence-electron chi connectivity index (χ0n) is 10.4. The van der Waals surface area contributed by atoms with E-state index in [1.807, 2.05) is 38.1 Å². The third kappa shape index (κ3) is 2.36. The minimum atomic E-state index is 0.0372. The lowest BCUT2D eigenvalue weighted by atomic mass is 10.1. The van der Waals surface area contributed by atoms with E-state index in [0.717, 1.165) is 22.3 Å². The second-order valence-electron chi connectivity index (χ2n) is 3.90. The van der Waals surface area contributed by atoms with Gasteiger partial charge in [0, 0.05) is 10.9 Å². The lowest BCUT2D eigenvalue weighted by Gasteiger charge is -2.05. The van der Waals surface area contributed by atoms with Crippen LogP contribution in [-0.4, -0.2) is 20.8 Å². The minimum absolute atomic E-state index is 0.0372. The smallest absolute Gasteiger partial charge is 0.184 e. The molecular formula is C13H14BrN3O. The maximum absolute atomic E-state index is 11.8. The number of nitrogens with zero attached hydrogens (tertiary/aromatic N) is 3. The van der Waals surface area contributed by atoms with Crippen LogP contribution in [0.4, 0.5) is 0 Å². The molecule has 0 radical (unpaired) electrons. The van der Waals surface area contributed by atoms with E-state index in [1.54, 1.807) is 4.68 Å². The second-order valence-corrected chi connectivity index (χ2v) is 4.82. The maximum Gasteiger partial charge on any atom is 0.184 e. The SMILES string of the molecule is CCC(=O)c1nnn(-c2ccc(Br)cc2)c1CC. The van der Waals surface area contributed by atoms with Gasteiger partial charge in [-0.1, -0.05) is 35.0 Å². The fourth-order valence-electron chi connectivity index (χ4n) is 1.79. The third-order valence-corrected chi connectivity index (χ3v) is 3.28. The summed E-state index contributed by atoms with van der Waals surface area (Å²) in [6.45, 7) is 3.83. The van der Waals surface area contributed by atoms with Crippen molar-refractivity contribution in [3.63, 3.8) is 0 Å². The van der Waals surface area contributed by atoms with E-state index in [4.69, 9.17) is 0 Å². The average molecular weight is 308 g/mol. The van der Waals surface area contributed by atoms with Crippen molar-refractivity contribution in [1.29, 1.82) is 0 Å². The Morgan fingerprint density at radius 3 is 2.50 bits per heavy atom. The van der Waals surface area contributed by atoms with Crippen molar-refractivity contribution < 1.29 is 4.79 Å². The van der Waals surface area contributed by atoms with Crippen LogP contribution in [0.2, 0.25) is 0 Å². The van der Waals surface area contributed by atoms with Gasteiger partial charge in [0.1, 0.15) is 0 Å². The van der Waals surface area contributed by atoms with Crippen molar-refractivity contribution in [3.05, 3.63) is 40.1 Å². The Morgan fingerprint density at radius 1 is 1.28 bits per heavy atom. The quantitative estimate of drug-likeness (QED) is 0.815. The number of ketones is 1. The fraction of sp³-hybridized carbons (Fsp3) is 0.308. The molecule has 2 rings (SSSR count). The molecule has 1 heterocycles. The first-order valence-electron chi connectivity index (χ1n) is 5.91. The Kier molecular flexibility index (Phi) is 3.91. The predicted octanol–water partition coefficient (Wildman–Crippen LogP) is 3.18. The van der Waals surface area contributed by atoms with Gasteiger partial charge in [-0.15, -0.1) is 5.10 Å². The van der Waals surface area contributed by atoms with E-state index in [-0.39, 0.29) is 5.78 Å². The summed E-state index contributed by atoms with van der Waals surface area (Å²) in [5, 5.41) is 8.09. The number of hydrogen-bond donors (Lipinski definition) is 0. The van der Waals surface area contributed by atoms with E-state index in [0.29, 0.717) is 12.1 Å². The molecule has 18 heavy (non-hydrogen) atoms. The lowest BCUT2D eigenvalue weighted by molar-refractivity contribution is 0.0982. The third-order valence-electron chi connectivity index (χ3n) is 2.75. The van der Waals surface area contributed by atoms with Crippen LogP contribution in [0, 0.1) is 0 Å². The number of carbonyl (C=O) groups excluding carboxylic acids is 1. The van der Waals surface area contributed by atoms with E-state index >= 15 is 0 Å². The molecule has 94 valence electrons. The zero-order chi connectivity index (χ0) is 13.1. The Labute approximate surface area is 114 Å². The number of halogens is 1. The topological polar surface area (TPSA) is 47.8 Å². The molecule has 1 aromatic heterocycles. The van der Waals surface area contributed by atoms with E-state index < -0.39 is 0 Å². The average Bonchev–Trinajstić information content (AvgIpc) is 2.82. The van der Waals surface area contributed by atoms with Crippen molar-refractivity contribution in [1.82, 2.24) is 15.0 Å². The molecule has 0 amide bonds. The number of Topliss-reactive ketones (excluding diaryl/α,β-unsaturated/α-hetero) is 1. The molecule has 0 aliphatic rings. The van der Waals surface area contributed by atoms with Crippen LogP contribution in [0.15, 0.2) is 28.7 Å². The monoisotopic (exact) mass is 307 g/mol. The molecule has 0 saturated heterocycles. The molecule has 0 spiro atoms. The van der Waals surface area contributed by atoms with Gasteiger partial charge < -0.3 is 0 Å². The largest absolute Gasteiger partial charge is 0.292 e. The van der Waals surface area contributed by atoms with Crippen LogP contribution in [0.25, 0.3) is 5.69 Å². The maximum atomic E-state index is 11.8. The summed E-state index contributed by atoms with van der Waals surface area (Å²) in [4.78, 5) is 11.8. The Bertz CT molecular complexity index is 560. The summed E-state index contributed by atoms with van der Waals surface area (Å²) in [7, 11) is 0. The fourth-order valence-corrected chi connectivity index (χ4v) is 2.06. The summed E-state index contributed by atoms with van der Waals surface area (Å²) in [5.74, 6) is 0.0372. The van der Waals surface area contributed by atoms with Gasteiger partial charge in [-0.05, 0) is 30.7 Å². The van der Waals surface area contributed by atoms with Crippen molar-refractivity contribution in [2.24, 2.45) is 0 Å². The van der Waals surface area contributed by atoms with Crippen LogP contribution in [0.1, 0.15) is 36.5 Å². The predicted molar refractivity (Wildman–Crippen MR) is 73.1 cm³/mol. The number of carbonyl (C=O) groups is 1. The summed E-state index contributed by atoms with van der Waals surface area (Å²) in [6, 6.07) is 7.77. The molecule has 0 saturated carbocycles. The number of rotatable bonds is 4. The number of benzene rings is 1. The molecule has 4 nitrogen and oxygen atoms in total. The highest BCUT2D eigenvalue weighted by molar-refractivity contribution is 9.10. The first-order chi connectivity index (χ1) is 8.67. The Hall–Kier alpha value is -1.49. The molecule has 1 aromatic carbocycles. The summed E-state index contributed by atoms with van der Waals surface area (Å²) in [5.41, 5.74) is 2.27. The normalized spacial score (nSPS) is 10.6. The number of aromatic nitrogens is 3. The Balaban J connectivity index is 2.48. The van der Waals surface area contributed by atoms with Gasteiger partial charge in [0.2, 0.25) is 0 Å². The molecule has 0 aliphatic carbocycles. The molecule has 2 aromatic rings. The van der Waals surface area contributed by atoms with Crippen LogP contribution < -0.4 is 0 Å². The molecule has 0 fully saturated rings. The van der Waals surface area contributed by atoms with Gasteiger partial charge in [0.15, 0.2) is 11.5 Å². The first kappa shape index (κ1) is 13.0. The molecule has 0 atom stereocenters. The van der Waals surface area contributed by atoms with E-state index in [2.05, 4.69) is 26.2 Å². The number of hydrogen-bond acceptors (Lipinski definition) is 3. The molecule has 0 N–H and O–H groups in total. The zero-order valence-corrected chi connectivity index (χ0v) is 11.9. The summed E-state index contributed by atoms with van der Waals surface area (Å²) in [6.07, 6.45) is 1.18. The van der Waals surface area contributed by atoms with Gasteiger partial charge in [-0.3, -0.25) is 4.79 Å². The second kappa shape index (κ2) is 5.44. The molecule has 0 bridgehead atoms. The van der Waals surface area contributed by atoms with Gasteiger partial charge in [-0.25, -0.2) is 4.68 Å². The highest BCUT2D eigenvalue weighted by Gasteiger charge is 2.17. The molecule has 0 aliphatic heterocycles. The van der Waals surface area contributed by atoms with Gasteiger partial charge in [0.25, 0.3) is 0 Å². The van der Waals surface area contributed by atoms with Crippen LogP contribution in [0.5, 0.6) is 0 Å². The van der Waals surface area contributed by atoms with Gasteiger partial charge in [-0.2, -0.15) is 0 Å². The van der Waals surface area contributed by atoms with Crippen LogP contribution in [0.3, 0.4) is 0 Å². The van der Waals surface area contributed by atoms with Crippen LogP contribution >= 0.6 is 15.9 Å². The Morgan fingerprint density at radius 2 is 1.94 bits per heavy atom. The van der Waals surface area contributed by atoms with E-state index in [9.17, 15) is 4.79 Å². The molecule has 0 unspecified atom stereocenters. The molecular weight excluding hydrogens is 294 g/mol. The van der Waals surface area contributed by atoms with Crippen molar-refractivity contribution >= 4 is 21.7 Å². The highest BCUT2D eigenvalue weighted by Crippen LogP contribution is 2.17. The lowest BCUT2D eigenvalue weighted by Crippen LogP contribution is -2.05. The summed E-state index contributed by atoms with van der Waals surface area (Å²) >= 11 is 3.39. The van der Waals surface area contributed by atoms with Gasteiger partial charge in [0.05, 0.1) is 11.4 Å². The van der Waals surface area contributed by atoms with Gasteiger partial charge >= 0.3 is 0 Å². The first-order valence-corrected chi connectivity index (χ1v) is 6.70. The molecule has 5 heteroatoms. The van der Waals surface area contributed by atoms with Crippen LogP contribution in [-0.2, 0) is 6.42 Å². The summed E-state index contributed by atoms with van der Waals surface area (Å²) < 4.78 is 2.74. The highest BCUT2D eigenvalue weighted by atomic mass is 79.9. The van der Waals surface area contributed by atoms with Crippen molar-refractivity contribution in [2.45, 2.75) is 26.7 Å². The standard InChI is InChI=1S/C13H14BrN3O/c1-3-11-13(12(18)4-2)15-16-17(11)10-7-5-9(14)6-8-10/h5-8H,3-4H2,1-2H3. The van der Waals surface area contributed by atoms with Crippen molar-refractivity contribution in [2.75, 3.05) is 0 Å². The van der Waals surface area contributed by atoms with E-state index in [1.165, 1.54) is 0 Å².